The lowest BCUT2D eigenvalue weighted by Gasteiger charge is -2.08. The van der Waals surface area contributed by atoms with E-state index in [-0.39, 0.29) is 27.7 Å². The standard InChI is InChI=1S/C18H14F4O3S/c1-24-15-10-12(5-9-16(15)26-18(21)22)14(23)8-4-11-2-6-13(7-3-11)25-17(19)20/h2-10,17-18H,1H3. The molecule has 0 unspecified atom stereocenters. The Hall–Kier alpha value is -2.48. The Balaban J connectivity index is 2.10. The van der Waals surface area contributed by atoms with Crippen LogP contribution in [-0.4, -0.2) is 25.3 Å². The van der Waals surface area contributed by atoms with E-state index < -0.39 is 12.4 Å². The Morgan fingerprint density at radius 3 is 2.35 bits per heavy atom. The fourth-order valence-electron chi connectivity index (χ4n) is 2.04. The molecular formula is C18H14F4O3S. The normalized spacial score (nSPS) is 11.3. The highest BCUT2D eigenvalue weighted by Crippen LogP contribution is 2.34. The Labute approximate surface area is 151 Å². The van der Waals surface area contributed by atoms with Crippen LogP contribution in [0, 0.1) is 0 Å². The minimum absolute atomic E-state index is 0.0142. The van der Waals surface area contributed by atoms with Gasteiger partial charge in [0.15, 0.2) is 5.78 Å². The van der Waals surface area contributed by atoms with E-state index in [0.717, 1.165) is 0 Å². The van der Waals surface area contributed by atoms with Crippen LogP contribution >= 0.6 is 11.8 Å². The minimum Gasteiger partial charge on any atom is -0.496 e. The van der Waals surface area contributed by atoms with Crippen LogP contribution in [-0.2, 0) is 0 Å². The van der Waals surface area contributed by atoms with Crippen molar-refractivity contribution < 1.29 is 31.8 Å². The molecule has 0 N–H and O–H groups in total. The first kappa shape index (κ1) is 19.8. The van der Waals surface area contributed by atoms with E-state index >= 15 is 0 Å². The first-order valence-corrected chi connectivity index (χ1v) is 8.17. The van der Waals surface area contributed by atoms with Gasteiger partial charge in [0, 0.05) is 5.56 Å². The molecule has 0 fully saturated rings. The zero-order valence-corrected chi connectivity index (χ0v) is 14.3. The number of benzene rings is 2. The van der Waals surface area contributed by atoms with Gasteiger partial charge in [-0.05, 0) is 42.0 Å². The van der Waals surface area contributed by atoms with Crippen molar-refractivity contribution in [1.29, 1.82) is 0 Å². The van der Waals surface area contributed by atoms with E-state index in [9.17, 15) is 22.4 Å². The number of rotatable bonds is 8. The third-order valence-electron chi connectivity index (χ3n) is 3.20. The minimum atomic E-state index is -2.90. The van der Waals surface area contributed by atoms with Crippen LogP contribution in [0.1, 0.15) is 15.9 Å². The van der Waals surface area contributed by atoms with E-state index in [4.69, 9.17) is 4.74 Å². The van der Waals surface area contributed by atoms with E-state index in [1.54, 1.807) is 0 Å². The summed E-state index contributed by atoms with van der Waals surface area (Å²) in [5.41, 5.74) is 0.881. The van der Waals surface area contributed by atoms with Gasteiger partial charge in [0.05, 0.1) is 12.0 Å². The fourth-order valence-corrected chi connectivity index (χ4v) is 2.64. The van der Waals surface area contributed by atoms with Crippen molar-refractivity contribution in [2.75, 3.05) is 7.11 Å². The summed E-state index contributed by atoms with van der Waals surface area (Å²) in [4.78, 5) is 12.4. The number of ketones is 1. The lowest BCUT2D eigenvalue weighted by Crippen LogP contribution is -2.01. The van der Waals surface area contributed by atoms with Gasteiger partial charge in [0.1, 0.15) is 11.5 Å². The van der Waals surface area contributed by atoms with Gasteiger partial charge in [-0.1, -0.05) is 30.0 Å². The van der Waals surface area contributed by atoms with Crippen LogP contribution in [0.15, 0.2) is 53.4 Å². The Morgan fingerprint density at radius 1 is 1.08 bits per heavy atom. The van der Waals surface area contributed by atoms with Crippen molar-refractivity contribution >= 4 is 23.6 Å². The molecule has 2 rings (SSSR count). The molecule has 0 aliphatic heterocycles. The zero-order valence-electron chi connectivity index (χ0n) is 13.5. The monoisotopic (exact) mass is 386 g/mol. The first-order chi connectivity index (χ1) is 12.4. The summed E-state index contributed by atoms with van der Waals surface area (Å²) in [6.45, 7) is -2.90. The highest BCUT2D eigenvalue weighted by atomic mass is 32.2. The zero-order chi connectivity index (χ0) is 19.1. The van der Waals surface area contributed by atoms with E-state index in [0.29, 0.717) is 17.3 Å². The topological polar surface area (TPSA) is 35.5 Å². The third-order valence-corrected chi connectivity index (χ3v) is 3.97. The highest BCUT2D eigenvalue weighted by molar-refractivity contribution is 7.99. The highest BCUT2D eigenvalue weighted by Gasteiger charge is 2.13. The SMILES string of the molecule is COc1cc(C(=O)C=Cc2ccc(OC(F)F)cc2)ccc1SC(F)F. The molecule has 0 saturated carbocycles. The number of carbonyl (C=O) groups excluding carboxylic acids is 1. The molecule has 2 aromatic rings. The van der Waals surface area contributed by atoms with Gasteiger partial charge in [-0.2, -0.15) is 17.6 Å². The molecule has 2 aromatic carbocycles. The number of allylic oxidation sites excluding steroid dienone is 1. The molecule has 8 heteroatoms. The van der Waals surface area contributed by atoms with E-state index in [1.165, 1.54) is 61.7 Å². The van der Waals surface area contributed by atoms with Gasteiger partial charge in [-0.15, -0.1) is 0 Å². The van der Waals surface area contributed by atoms with Gasteiger partial charge in [0.25, 0.3) is 5.76 Å². The molecule has 0 radical (unpaired) electrons. The lowest BCUT2D eigenvalue weighted by molar-refractivity contribution is -0.0498. The first-order valence-electron chi connectivity index (χ1n) is 7.29. The number of halogens is 4. The number of methoxy groups -OCH3 is 1. The van der Waals surface area contributed by atoms with Crippen molar-refractivity contribution in [1.82, 2.24) is 0 Å². The molecule has 0 spiro atoms. The van der Waals surface area contributed by atoms with E-state index in [1.807, 2.05) is 0 Å². The number of carbonyl (C=O) groups is 1. The number of alkyl halides is 4. The fraction of sp³-hybridized carbons (Fsp3) is 0.167. The molecule has 0 aliphatic carbocycles. The van der Waals surface area contributed by atoms with E-state index in [2.05, 4.69) is 4.74 Å². The molecule has 0 bridgehead atoms. The summed E-state index contributed by atoms with van der Waals surface area (Å²) in [6.07, 6.45) is 2.79. The van der Waals surface area contributed by atoms with Crippen molar-refractivity contribution in [3.05, 3.63) is 59.7 Å². The summed E-state index contributed by atoms with van der Waals surface area (Å²) in [7, 11) is 1.33. The molecule has 26 heavy (non-hydrogen) atoms. The molecule has 0 amide bonds. The predicted molar refractivity (Wildman–Crippen MR) is 91.3 cm³/mol. The summed E-state index contributed by atoms with van der Waals surface area (Å²) >= 11 is 0.333. The van der Waals surface area contributed by atoms with Gasteiger partial charge in [-0.3, -0.25) is 4.79 Å². The molecule has 3 nitrogen and oxygen atoms in total. The predicted octanol–water partition coefficient (Wildman–Crippen LogP) is 5.51. The van der Waals surface area contributed by atoms with Crippen molar-refractivity contribution in [3.63, 3.8) is 0 Å². The average molecular weight is 386 g/mol. The van der Waals surface area contributed by atoms with Gasteiger partial charge in [0.2, 0.25) is 0 Å². The van der Waals surface area contributed by atoms with Gasteiger partial charge < -0.3 is 9.47 Å². The average Bonchev–Trinajstić information content (AvgIpc) is 2.60. The third kappa shape index (κ3) is 5.80. The van der Waals surface area contributed by atoms with Crippen molar-refractivity contribution in [2.24, 2.45) is 0 Å². The van der Waals surface area contributed by atoms with Crippen LogP contribution in [0.3, 0.4) is 0 Å². The van der Waals surface area contributed by atoms with Gasteiger partial charge in [-0.25, -0.2) is 0 Å². The summed E-state index contributed by atoms with van der Waals surface area (Å²) in [6, 6.07) is 9.96. The van der Waals surface area contributed by atoms with Crippen LogP contribution in [0.4, 0.5) is 17.6 Å². The van der Waals surface area contributed by atoms with Crippen molar-refractivity contribution in [2.45, 2.75) is 17.3 Å². The van der Waals surface area contributed by atoms with Crippen LogP contribution in [0.2, 0.25) is 0 Å². The summed E-state index contributed by atoms with van der Waals surface area (Å²) in [5, 5.41) is 0. The number of hydrogen-bond donors (Lipinski definition) is 0. The second-order valence-electron chi connectivity index (χ2n) is 4.89. The summed E-state index contributed by atoms with van der Waals surface area (Å²) in [5.74, 6) is -2.75. The molecule has 0 aromatic heterocycles. The smallest absolute Gasteiger partial charge is 0.387 e. The maximum absolute atomic E-state index is 12.5. The molecule has 0 atom stereocenters. The molecule has 138 valence electrons. The summed E-state index contributed by atoms with van der Waals surface area (Å²) < 4.78 is 58.4. The maximum atomic E-state index is 12.5. The second kappa shape index (κ2) is 9.28. The van der Waals surface area contributed by atoms with Crippen LogP contribution < -0.4 is 9.47 Å². The maximum Gasteiger partial charge on any atom is 0.387 e. The van der Waals surface area contributed by atoms with Crippen LogP contribution in [0.5, 0.6) is 11.5 Å². The molecular weight excluding hydrogens is 372 g/mol. The van der Waals surface area contributed by atoms with Gasteiger partial charge >= 0.3 is 6.61 Å². The second-order valence-corrected chi connectivity index (χ2v) is 5.92. The molecule has 0 saturated heterocycles. The Kier molecular flexibility index (Phi) is 7.08. The van der Waals surface area contributed by atoms with Crippen LogP contribution in [0.25, 0.3) is 6.08 Å². The number of thioether (sulfide) groups is 1. The Bertz CT molecular complexity index is 777. The number of hydrogen-bond acceptors (Lipinski definition) is 4. The van der Waals surface area contributed by atoms with Crippen molar-refractivity contribution in [3.8, 4) is 11.5 Å². The number of ether oxygens (including phenoxy) is 2. The molecule has 0 heterocycles. The lowest BCUT2D eigenvalue weighted by atomic mass is 10.1. The molecule has 0 aliphatic rings. The largest absolute Gasteiger partial charge is 0.496 e. The quantitative estimate of drug-likeness (QED) is 0.259. The Morgan fingerprint density at radius 2 is 1.77 bits per heavy atom.